The zero-order valence-corrected chi connectivity index (χ0v) is 18.5. The van der Waals surface area contributed by atoms with Gasteiger partial charge in [-0.05, 0) is 36.8 Å². The van der Waals surface area contributed by atoms with E-state index in [1.807, 2.05) is 9.80 Å². The molecule has 1 unspecified atom stereocenters. The second-order valence-corrected chi connectivity index (χ2v) is 8.93. The second-order valence-electron chi connectivity index (χ2n) is 8.93. The molecule has 3 aliphatic rings. The van der Waals surface area contributed by atoms with Crippen LogP contribution >= 0.6 is 0 Å². The summed E-state index contributed by atoms with van der Waals surface area (Å²) in [6.07, 6.45) is 5.47. The van der Waals surface area contributed by atoms with Gasteiger partial charge in [0.1, 0.15) is 0 Å². The van der Waals surface area contributed by atoms with Crippen molar-refractivity contribution in [2.24, 2.45) is 0 Å². The molecule has 2 fully saturated rings. The smallest absolute Gasteiger partial charge is 0.257 e. The number of hydrogen-bond acceptors (Lipinski definition) is 5. The number of nitrogens with one attached hydrogen (secondary N) is 1. The van der Waals surface area contributed by atoms with Crippen LogP contribution < -0.4 is 0 Å². The summed E-state index contributed by atoms with van der Waals surface area (Å²) in [5, 5.41) is 7.26. The van der Waals surface area contributed by atoms with E-state index in [0.717, 1.165) is 51.0 Å². The Kier molecular flexibility index (Phi) is 6.23. The van der Waals surface area contributed by atoms with Gasteiger partial charge in [0.05, 0.1) is 43.3 Å². The first kappa shape index (κ1) is 21.2. The topological polar surface area (TPSA) is 81.8 Å². The van der Waals surface area contributed by atoms with Gasteiger partial charge in [-0.2, -0.15) is 5.10 Å². The lowest BCUT2D eigenvalue weighted by molar-refractivity contribution is -0.136. The summed E-state index contributed by atoms with van der Waals surface area (Å²) in [4.78, 5) is 32.6. The number of aromatic nitrogens is 2. The van der Waals surface area contributed by atoms with Crippen molar-refractivity contribution in [3.63, 3.8) is 0 Å². The molecule has 2 amide bonds. The number of nitrogens with zero attached hydrogens (tertiary/aromatic N) is 4. The number of carbonyl (C=O) groups is 2. The minimum atomic E-state index is -0.129. The fraction of sp³-hybridized carbons (Fsp3) is 0.542. The molecule has 32 heavy (non-hydrogen) atoms. The Bertz CT molecular complexity index is 968. The summed E-state index contributed by atoms with van der Waals surface area (Å²) in [7, 11) is 0. The SMILES string of the molecule is O=C(c1cn[nH]c1C1CCCCN1C(=O)CN1CCc2ccccc2C1)N1CCOCC1. The number of benzene rings is 1. The van der Waals surface area contributed by atoms with Crippen LogP contribution in [0.25, 0.3) is 0 Å². The molecule has 1 N–H and O–H groups in total. The van der Waals surface area contributed by atoms with Crippen molar-refractivity contribution < 1.29 is 14.3 Å². The molecular formula is C24H31N5O3. The maximum absolute atomic E-state index is 13.4. The molecule has 0 aliphatic carbocycles. The zero-order chi connectivity index (χ0) is 21.9. The van der Waals surface area contributed by atoms with E-state index in [0.29, 0.717) is 38.4 Å². The normalized spacial score (nSPS) is 21.9. The average Bonchev–Trinajstić information content (AvgIpc) is 3.34. The van der Waals surface area contributed by atoms with Gasteiger partial charge in [-0.1, -0.05) is 24.3 Å². The van der Waals surface area contributed by atoms with E-state index >= 15 is 0 Å². The van der Waals surface area contributed by atoms with Crippen LogP contribution in [0.2, 0.25) is 0 Å². The Labute approximate surface area is 188 Å². The van der Waals surface area contributed by atoms with Crippen molar-refractivity contribution in [2.75, 3.05) is 45.9 Å². The molecule has 8 nitrogen and oxygen atoms in total. The van der Waals surface area contributed by atoms with Gasteiger partial charge < -0.3 is 14.5 Å². The molecule has 3 aliphatic heterocycles. The standard InChI is InChI=1S/C24H31N5O3/c30-22(17-27-10-8-18-5-1-2-6-19(18)16-27)29-9-4-3-7-21(29)23-20(15-25-26-23)24(31)28-11-13-32-14-12-28/h1-2,5-6,15,21H,3-4,7-14,16-17H2,(H,25,26). The number of rotatable bonds is 4. The lowest BCUT2D eigenvalue weighted by Gasteiger charge is -2.38. The first-order chi connectivity index (χ1) is 15.7. The molecule has 170 valence electrons. The molecule has 1 aromatic carbocycles. The minimum Gasteiger partial charge on any atom is -0.378 e. The third kappa shape index (κ3) is 4.29. The number of amides is 2. The number of piperidine rings is 1. The molecule has 0 radical (unpaired) electrons. The number of morpholine rings is 1. The van der Waals surface area contributed by atoms with E-state index in [4.69, 9.17) is 4.74 Å². The largest absolute Gasteiger partial charge is 0.378 e. The highest BCUT2D eigenvalue weighted by Gasteiger charge is 2.34. The Morgan fingerprint density at radius 2 is 1.88 bits per heavy atom. The molecule has 1 atom stereocenters. The predicted molar refractivity (Wildman–Crippen MR) is 119 cm³/mol. The molecule has 0 spiro atoms. The van der Waals surface area contributed by atoms with Crippen LogP contribution in [0, 0.1) is 0 Å². The molecule has 0 bridgehead atoms. The third-order valence-electron chi connectivity index (χ3n) is 6.92. The summed E-state index contributed by atoms with van der Waals surface area (Å²) >= 11 is 0. The lowest BCUT2D eigenvalue weighted by Crippen LogP contribution is -2.46. The first-order valence-electron chi connectivity index (χ1n) is 11.7. The van der Waals surface area contributed by atoms with Gasteiger partial charge in [0.25, 0.3) is 5.91 Å². The molecule has 2 saturated heterocycles. The van der Waals surface area contributed by atoms with E-state index in [2.05, 4.69) is 39.4 Å². The summed E-state index contributed by atoms with van der Waals surface area (Å²) in [5.41, 5.74) is 4.06. The summed E-state index contributed by atoms with van der Waals surface area (Å²) in [5.74, 6) is 0.108. The van der Waals surface area contributed by atoms with E-state index in [9.17, 15) is 9.59 Å². The lowest BCUT2D eigenvalue weighted by atomic mass is 9.96. The molecule has 5 rings (SSSR count). The maximum atomic E-state index is 13.4. The van der Waals surface area contributed by atoms with E-state index < -0.39 is 0 Å². The van der Waals surface area contributed by atoms with Crippen molar-refractivity contribution in [1.82, 2.24) is 24.9 Å². The second kappa shape index (κ2) is 9.42. The van der Waals surface area contributed by atoms with Gasteiger partial charge in [-0.15, -0.1) is 0 Å². The van der Waals surface area contributed by atoms with Crippen LogP contribution in [0.5, 0.6) is 0 Å². The van der Waals surface area contributed by atoms with Crippen LogP contribution in [0.4, 0.5) is 0 Å². The number of ether oxygens (including phenoxy) is 1. The fourth-order valence-corrected chi connectivity index (χ4v) is 5.16. The maximum Gasteiger partial charge on any atom is 0.257 e. The van der Waals surface area contributed by atoms with E-state index in [1.165, 1.54) is 11.1 Å². The van der Waals surface area contributed by atoms with Crippen molar-refractivity contribution in [3.8, 4) is 0 Å². The highest BCUT2D eigenvalue weighted by molar-refractivity contribution is 5.95. The number of H-pyrrole nitrogens is 1. The molecule has 2 aromatic rings. The molecule has 4 heterocycles. The van der Waals surface area contributed by atoms with Gasteiger partial charge in [0.15, 0.2) is 0 Å². The van der Waals surface area contributed by atoms with Crippen molar-refractivity contribution in [1.29, 1.82) is 0 Å². The molecule has 8 heteroatoms. The fourth-order valence-electron chi connectivity index (χ4n) is 5.16. The molecule has 1 aromatic heterocycles. The van der Waals surface area contributed by atoms with Crippen LogP contribution in [-0.4, -0.2) is 82.6 Å². The van der Waals surface area contributed by atoms with Crippen LogP contribution in [0.3, 0.4) is 0 Å². The minimum absolute atomic E-state index is 0.0253. The van der Waals surface area contributed by atoms with Crippen molar-refractivity contribution in [3.05, 3.63) is 52.8 Å². The van der Waals surface area contributed by atoms with E-state index in [-0.39, 0.29) is 17.9 Å². The Morgan fingerprint density at radius 3 is 2.72 bits per heavy atom. The van der Waals surface area contributed by atoms with Crippen LogP contribution in [0.15, 0.2) is 30.5 Å². The van der Waals surface area contributed by atoms with Crippen molar-refractivity contribution >= 4 is 11.8 Å². The van der Waals surface area contributed by atoms with Gasteiger partial charge in [-0.25, -0.2) is 0 Å². The van der Waals surface area contributed by atoms with Gasteiger partial charge in [0.2, 0.25) is 5.91 Å². The highest BCUT2D eigenvalue weighted by Crippen LogP contribution is 2.32. The van der Waals surface area contributed by atoms with Gasteiger partial charge >= 0.3 is 0 Å². The molecule has 0 saturated carbocycles. The monoisotopic (exact) mass is 437 g/mol. The summed E-state index contributed by atoms with van der Waals surface area (Å²) < 4.78 is 5.38. The Balaban J connectivity index is 1.30. The number of carbonyl (C=O) groups excluding carboxylic acids is 2. The zero-order valence-electron chi connectivity index (χ0n) is 18.5. The van der Waals surface area contributed by atoms with Crippen LogP contribution in [0.1, 0.15) is 52.5 Å². The number of hydrogen-bond donors (Lipinski definition) is 1. The third-order valence-corrected chi connectivity index (χ3v) is 6.92. The predicted octanol–water partition coefficient (Wildman–Crippen LogP) is 1.99. The number of aromatic amines is 1. The number of likely N-dealkylation sites (tertiary alicyclic amines) is 1. The Hall–Kier alpha value is -2.71. The first-order valence-corrected chi connectivity index (χ1v) is 11.7. The van der Waals surface area contributed by atoms with Crippen LogP contribution in [-0.2, 0) is 22.5 Å². The van der Waals surface area contributed by atoms with Gasteiger partial charge in [0, 0.05) is 32.7 Å². The van der Waals surface area contributed by atoms with Crippen molar-refractivity contribution in [2.45, 2.75) is 38.3 Å². The number of fused-ring (bicyclic) bond motifs is 1. The van der Waals surface area contributed by atoms with E-state index in [1.54, 1.807) is 6.20 Å². The quantitative estimate of drug-likeness (QED) is 0.791. The Morgan fingerprint density at radius 1 is 1.06 bits per heavy atom. The summed E-state index contributed by atoms with van der Waals surface area (Å²) in [6.45, 7) is 5.14. The highest BCUT2D eigenvalue weighted by atomic mass is 16.5. The van der Waals surface area contributed by atoms with Gasteiger partial charge in [-0.3, -0.25) is 19.6 Å². The summed E-state index contributed by atoms with van der Waals surface area (Å²) in [6, 6.07) is 8.36. The average molecular weight is 438 g/mol. The molecular weight excluding hydrogens is 406 g/mol.